The Bertz CT molecular complexity index is 987. The molecule has 0 atom stereocenters. The van der Waals surface area contributed by atoms with Gasteiger partial charge in [-0.3, -0.25) is 18.3 Å². The highest BCUT2D eigenvalue weighted by molar-refractivity contribution is 7.72. The van der Waals surface area contributed by atoms with Gasteiger partial charge in [0.05, 0.1) is 24.0 Å². The van der Waals surface area contributed by atoms with Crippen molar-refractivity contribution in [2.24, 2.45) is 0 Å². The summed E-state index contributed by atoms with van der Waals surface area (Å²) in [5, 5.41) is 0. The number of rotatable bonds is 8. The van der Waals surface area contributed by atoms with Crippen molar-refractivity contribution in [3.63, 3.8) is 0 Å². The molecule has 8 N–H and O–H groups in total. The van der Waals surface area contributed by atoms with E-state index < -0.39 is 48.1 Å². The maximum Gasteiger partial charge on any atom is 0.355 e. The zero-order valence-electron chi connectivity index (χ0n) is 14.1. The van der Waals surface area contributed by atoms with Crippen molar-refractivity contribution < 1.29 is 57.4 Å². The number of benzene rings is 1. The minimum Gasteiger partial charge on any atom is -0.323 e. The van der Waals surface area contributed by atoms with E-state index in [1.807, 2.05) is 0 Å². The lowest BCUT2D eigenvalue weighted by atomic mass is 10.3. The van der Waals surface area contributed by atoms with E-state index in [9.17, 15) is 57.4 Å². The molecule has 0 saturated heterocycles. The van der Waals surface area contributed by atoms with Crippen LogP contribution in [0.5, 0.6) is 0 Å². The van der Waals surface area contributed by atoms with E-state index in [-0.39, 0.29) is 10.4 Å². The topological polar surface area (TPSA) is 251 Å². The normalized spacial score (nSPS) is 14.4. The molecule has 0 aliphatic carbocycles. The van der Waals surface area contributed by atoms with Crippen LogP contribution in [0.1, 0.15) is 0 Å². The van der Waals surface area contributed by atoms with Gasteiger partial charge in [-0.05, 0) is 12.1 Å². The Balaban J connectivity index is 2.77. The average molecular weight is 495 g/mol. The fourth-order valence-corrected chi connectivity index (χ4v) is 8.66. The quantitative estimate of drug-likeness (QED) is 0.217. The number of hydrogen-bond donors (Lipinski definition) is 8. The molecule has 0 amide bonds. The molecule has 19 heteroatoms. The van der Waals surface area contributed by atoms with Gasteiger partial charge in [-0.15, -0.1) is 0 Å². The molecule has 2 aromatic rings. The molecule has 0 bridgehead atoms. The second-order valence-corrected chi connectivity index (χ2v) is 13.4. The van der Waals surface area contributed by atoms with Gasteiger partial charge < -0.3 is 43.7 Å². The van der Waals surface area contributed by atoms with Gasteiger partial charge in [0.2, 0.25) is 11.0 Å². The molecule has 2 rings (SSSR count). The first-order chi connectivity index (χ1) is 12.9. The number of hydrogen-bond acceptors (Lipinski definition) is 6. The zero-order chi connectivity index (χ0) is 22.4. The van der Waals surface area contributed by atoms with Gasteiger partial charge in [0.15, 0.2) is 0 Å². The lowest BCUT2D eigenvalue weighted by Crippen LogP contribution is -2.43. The molecular formula is C10H17N3O12P4. The van der Waals surface area contributed by atoms with E-state index in [1.54, 1.807) is 6.07 Å². The Morgan fingerprint density at radius 2 is 1.21 bits per heavy atom. The molecule has 0 saturated carbocycles. The maximum absolute atomic E-state index is 11.8. The summed E-state index contributed by atoms with van der Waals surface area (Å²) in [6, 6.07) is 5.97. The Morgan fingerprint density at radius 3 is 1.62 bits per heavy atom. The Hall–Kier alpha value is -0.750. The summed E-state index contributed by atoms with van der Waals surface area (Å²) >= 11 is 0. The highest BCUT2D eigenvalue weighted by atomic mass is 31.2. The summed E-state index contributed by atoms with van der Waals surface area (Å²) in [5.41, 5.74) is -6.01. The van der Waals surface area contributed by atoms with Crippen LogP contribution in [0.25, 0.3) is 11.0 Å². The highest BCUT2D eigenvalue weighted by Crippen LogP contribution is 2.68. The van der Waals surface area contributed by atoms with Crippen molar-refractivity contribution in [2.75, 3.05) is 0 Å². The fourth-order valence-electron chi connectivity index (χ4n) is 2.73. The zero-order valence-corrected chi connectivity index (χ0v) is 17.7. The molecule has 0 aliphatic rings. The average Bonchev–Trinajstić information content (AvgIpc) is 2.84. The SMILES string of the molecule is O=P(O)(O)C(N(Cn1cnc2ccccc21)C(P(=O)(O)O)P(=O)(O)O)P(=O)(O)O. The number of fused-ring (bicyclic) bond motifs is 1. The minimum absolute atomic E-state index is 0.197. The van der Waals surface area contributed by atoms with Gasteiger partial charge in [0.25, 0.3) is 0 Å². The van der Waals surface area contributed by atoms with Gasteiger partial charge >= 0.3 is 30.4 Å². The summed E-state index contributed by atoms with van der Waals surface area (Å²) in [4.78, 5) is 79.2. The standard InChI is InChI=1S/C10H17N3O12P4/c14-26(15,16)9(27(17,18)19)13(10(28(20,21)22)29(23,24)25)6-12-5-11-7-3-1-2-4-8(7)12/h1-5,9-10H,6H2,(H2,14,15,16)(H2,17,18,19)(H2,20,21,22)(H2,23,24,25). The summed E-state index contributed by atoms with van der Waals surface area (Å²) in [7, 11) is -23.5. The second kappa shape index (κ2) is 8.07. The first-order valence-electron chi connectivity index (χ1n) is 7.30. The summed E-state index contributed by atoms with van der Waals surface area (Å²) in [6.45, 7) is -1.12. The molecule has 164 valence electrons. The van der Waals surface area contributed by atoms with Gasteiger partial charge in [0, 0.05) is 0 Å². The highest BCUT2D eigenvalue weighted by Gasteiger charge is 2.58. The number of aromatic nitrogens is 2. The van der Waals surface area contributed by atoms with Crippen molar-refractivity contribution >= 4 is 41.4 Å². The largest absolute Gasteiger partial charge is 0.355 e. The summed E-state index contributed by atoms with van der Waals surface area (Å²) in [5.74, 6) is 0. The molecule has 0 unspecified atom stereocenters. The molecule has 0 aliphatic heterocycles. The van der Waals surface area contributed by atoms with Crippen LogP contribution in [-0.4, -0.2) is 64.6 Å². The van der Waals surface area contributed by atoms with E-state index in [1.165, 1.54) is 18.2 Å². The lowest BCUT2D eigenvalue weighted by molar-refractivity contribution is 0.170. The number of para-hydroxylation sites is 2. The van der Waals surface area contributed by atoms with Crippen LogP contribution in [0.4, 0.5) is 0 Å². The van der Waals surface area contributed by atoms with Crippen LogP contribution >= 0.6 is 30.4 Å². The molecule has 0 radical (unpaired) electrons. The van der Waals surface area contributed by atoms with Crippen LogP contribution < -0.4 is 0 Å². The first-order valence-corrected chi connectivity index (χ1v) is 14.0. The molecule has 29 heavy (non-hydrogen) atoms. The lowest BCUT2D eigenvalue weighted by Gasteiger charge is -2.37. The Labute approximate surface area is 162 Å². The van der Waals surface area contributed by atoms with Crippen LogP contribution in [0.2, 0.25) is 0 Å². The van der Waals surface area contributed by atoms with Gasteiger partial charge in [-0.25, -0.2) is 9.88 Å². The number of nitrogens with zero attached hydrogens (tertiary/aromatic N) is 3. The van der Waals surface area contributed by atoms with Crippen LogP contribution in [-0.2, 0) is 24.9 Å². The third-order valence-corrected chi connectivity index (χ3v) is 10.8. The Morgan fingerprint density at radius 1 is 0.793 bits per heavy atom. The van der Waals surface area contributed by atoms with Crippen LogP contribution in [0, 0.1) is 0 Å². The van der Waals surface area contributed by atoms with E-state index in [2.05, 4.69) is 4.98 Å². The molecular weight excluding hydrogens is 478 g/mol. The predicted molar refractivity (Wildman–Crippen MR) is 97.3 cm³/mol. The molecule has 1 aromatic heterocycles. The molecule has 1 aromatic carbocycles. The van der Waals surface area contributed by atoms with E-state index in [0.29, 0.717) is 5.52 Å². The number of imidazole rings is 1. The molecule has 0 fully saturated rings. The molecule has 15 nitrogen and oxygen atoms in total. The van der Waals surface area contributed by atoms with Gasteiger partial charge in [-0.2, -0.15) is 0 Å². The van der Waals surface area contributed by atoms with E-state index in [4.69, 9.17) is 0 Å². The van der Waals surface area contributed by atoms with E-state index in [0.717, 1.165) is 10.9 Å². The third-order valence-electron chi connectivity index (χ3n) is 3.64. The fraction of sp³-hybridized carbons (Fsp3) is 0.300. The predicted octanol–water partition coefficient (Wildman–Crippen LogP) is -0.426. The van der Waals surface area contributed by atoms with Crippen molar-refractivity contribution in [1.29, 1.82) is 0 Å². The second-order valence-electron chi connectivity index (χ2n) is 5.91. The van der Waals surface area contributed by atoms with Gasteiger partial charge in [0.1, 0.15) is 0 Å². The van der Waals surface area contributed by atoms with Crippen molar-refractivity contribution in [1.82, 2.24) is 14.5 Å². The van der Waals surface area contributed by atoms with Gasteiger partial charge in [-0.1, -0.05) is 12.1 Å². The maximum atomic E-state index is 11.8. The first kappa shape index (κ1) is 24.5. The Kier molecular flexibility index (Phi) is 6.82. The van der Waals surface area contributed by atoms with Crippen LogP contribution in [0.3, 0.4) is 0 Å². The molecule has 1 heterocycles. The smallest absolute Gasteiger partial charge is 0.323 e. The summed E-state index contributed by atoms with van der Waals surface area (Å²) < 4.78 is 48.2. The van der Waals surface area contributed by atoms with Crippen molar-refractivity contribution in [2.45, 2.75) is 17.7 Å². The van der Waals surface area contributed by atoms with Crippen molar-refractivity contribution in [3.05, 3.63) is 30.6 Å². The van der Waals surface area contributed by atoms with Crippen LogP contribution in [0.15, 0.2) is 30.6 Å². The van der Waals surface area contributed by atoms with E-state index >= 15 is 0 Å². The summed E-state index contributed by atoms with van der Waals surface area (Å²) in [6.07, 6.45) is 1.00. The third kappa shape index (κ3) is 5.69. The minimum atomic E-state index is -5.88. The monoisotopic (exact) mass is 495 g/mol. The van der Waals surface area contributed by atoms with Crippen molar-refractivity contribution in [3.8, 4) is 0 Å². The molecule has 0 spiro atoms.